The Morgan fingerprint density at radius 1 is 0.900 bits per heavy atom. The van der Waals surface area contributed by atoms with E-state index in [9.17, 15) is 19.5 Å². The van der Waals surface area contributed by atoms with Crippen LogP contribution in [0.25, 0.3) is 11.1 Å². The highest BCUT2D eigenvalue weighted by atomic mass is 16.4. The zero-order valence-electron chi connectivity index (χ0n) is 25.7. The minimum absolute atomic E-state index is 0.0274. The molecule has 3 atom stereocenters. The van der Waals surface area contributed by atoms with Gasteiger partial charge in [-0.05, 0) is 42.0 Å². The minimum atomic E-state index is -1.03. The third kappa shape index (κ3) is 7.81. The molecule has 0 radical (unpaired) electrons. The van der Waals surface area contributed by atoms with Gasteiger partial charge in [0.1, 0.15) is 6.04 Å². The van der Waals surface area contributed by atoms with Gasteiger partial charge in [-0.25, -0.2) is 4.79 Å². The number of hydrogen-bond donors (Lipinski definition) is 3. The molecule has 2 amide bonds. The maximum atomic E-state index is 13.9. The molecule has 2 rings (SSSR count). The largest absolute Gasteiger partial charge is 0.478 e. The first-order valence-electron chi connectivity index (χ1n) is 13.8. The van der Waals surface area contributed by atoms with Crippen molar-refractivity contribution >= 4 is 17.8 Å². The normalized spacial score (nSPS) is 14.8. The standard InChI is InChI=1S/C33H47N3O4/c1-21(2)26(19-22(3)31(39)40)36(10)30(38)28(32(4,5)6)35-29(37)27(34-9)33(7,8)25-18-14-17-24(20-25)23-15-12-11-13-16-23/h11-21,26-28,34H,1-10H3,(H,35,37)(H,39,40)/b22-19+/t26-,27-,28-/m1/s1. The predicted molar refractivity (Wildman–Crippen MR) is 162 cm³/mol. The minimum Gasteiger partial charge on any atom is -0.478 e. The highest BCUT2D eigenvalue weighted by molar-refractivity contribution is 5.91. The average Bonchev–Trinajstić information content (AvgIpc) is 2.89. The van der Waals surface area contributed by atoms with Crippen molar-refractivity contribution in [2.75, 3.05) is 14.1 Å². The van der Waals surface area contributed by atoms with Crippen LogP contribution in [0, 0.1) is 11.3 Å². The Morgan fingerprint density at radius 3 is 1.98 bits per heavy atom. The Morgan fingerprint density at radius 2 is 1.48 bits per heavy atom. The van der Waals surface area contributed by atoms with Crippen molar-refractivity contribution in [1.82, 2.24) is 15.5 Å². The molecule has 0 aromatic heterocycles. The molecule has 2 aromatic carbocycles. The first-order valence-corrected chi connectivity index (χ1v) is 13.8. The van der Waals surface area contributed by atoms with Crippen LogP contribution in [-0.2, 0) is 19.8 Å². The number of amides is 2. The number of nitrogens with one attached hydrogen (secondary N) is 2. The first kappa shape index (κ1) is 32.8. The van der Waals surface area contributed by atoms with Crippen LogP contribution in [0.15, 0.2) is 66.2 Å². The molecule has 0 aliphatic heterocycles. The van der Waals surface area contributed by atoms with Crippen LogP contribution < -0.4 is 10.6 Å². The molecule has 3 N–H and O–H groups in total. The van der Waals surface area contributed by atoms with E-state index in [2.05, 4.69) is 34.9 Å². The number of rotatable bonds is 11. The summed E-state index contributed by atoms with van der Waals surface area (Å²) in [6.07, 6.45) is 1.60. The molecule has 0 aliphatic rings. The van der Waals surface area contributed by atoms with E-state index in [1.807, 2.05) is 78.8 Å². The number of aliphatic carboxylic acids is 1. The van der Waals surface area contributed by atoms with Crippen LogP contribution in [0.1, 0.15) is 61.0 Å². The SMILES string of the molecule is CN[C@H](C(=O)N[C@H](C(=O)N(C)[C@H](/C=C(\C)C(=O)O)C(C)C)C(C)(C)C)C(C)(C)c1cccc(-c2ccccc2)c1. The molecule has 40 heavy (non-hydrogen) atoms. The van der Waals surface area contributed by atoms with Crippen LogP contribution in [0.2, 0.25) is 0 Å². The van der Waals surface area contributed by atoms with E-state index in [-0.39, 0.29) is 23.3 Å². The van der Waals surface area contributed by atoms with Gasteiger partial charge in [0.05, 0.1) is 12.1 Å². The number of nitrogens with zero attached hydrogens (tertiary/aromatic N) is 1. The lowest BCUT2D eigenvalue weighted by Crippen LogP contribution is -2.61. The van der Waals surface area contributed by atoms with Crippen molar-refractivity contribution < 1.29 is 19.5 Å². The Bertz CT molecular complexity index is 1210. The molecule has 0 bridgehead atoms. The van der Waals surface area contributed by atoms with Crippen molar-refractivity contribution in [3.8, 4) is 11.1 Å². The second-order valence-electron chi connectivity index (χ2n) is 12.5. The number of carboxylic acids is 1. The maximum absolute atomic E-state index is 13.9. The molecule has 7 heteroatoms. The van der Waals surface area contributed by atoms with Gasteiger partial charge in [-0.1, -0.05) is 109 Å². The molecular formula is C33H47N3O4. The Labute approximate surface area is 240 Å². The van der Waals surface area contributed by atoms with Gasteiger partial charge in [-0.15, -0.1) is 0 Å². The first-order chi connectivity index (χ1) is 18.5. The third-order valence-corrected chi connectivity index (χ3v) is 7.62. The predicted octanol–water partition coefficient (Wildman–Crippen LogP) is 5.26. The molecule has 218 valence electrons. The summed E-state index contributed by atoms with van der Waals surface area (Å²) in [7, 11) is 3.42. The van der Waals surface area contributed by atoms with Crippen LogP contribution in [-0.4, -0.2) is 60.0 Å². The fraction of sp³-hybridized carbons (Fsp3) is 0.485. The van der Waals surface area contributed by atoms with Gasteiger partial charge in [0.2, 0.25) is 11.8 Å². The number of likely N-dealkylation sites (N-methyl/N-ethyl adjacent to an activating group) is 2. The van der Waals surface area contributed by atoms with Crippen LogP contribution >= 0.6 is 0 Å². The summed E-state index contributed by atoms with van der Waals surface area (Å²) in [6, 6.07) is 16.4. The summed E-state index contributed by atoms with van der Waals surface area (Å²) in [4.78, 5) is 40.8. The van der Waals surface area contributed by atoms with E-state index < -0.39 is 34.9 Å². The van der Waals surface area contributed by atoms with Gasteiger partial charge in [0.25, 0.3) is 0 Å². The monoisotopic (exact) mass is 549 g/mol. The van der Waals surface area contributed by atoms with Crippen molar-refractivity contribution in [3.63, 3.8) is 0 Å². The van der Waals surface area contributed by atoms with Gasteiger partial charge < -0.3 is 20.6 Å². The van der Waals surface area contributed by atoms with Gasteiger partial charge in [0, 0.05) is 18.0 Å². The van der Waals surface area contributed by atoms with Crippen LogP contribution in [0.5, 0.6) is 0 Å². The van der Waals surface area contributed by atoms with E-state index in [0.717, 1.165) is 16.7 Å². The number of hydrogen-bond acceptors (Lipinski definition) is 4. The maximum Gasteiger partial charge on any atom is 0.331 e. The number of benzene rings is 2. The van der Waals surface area contributed by atoms with Crippen LogP contribution in [0.4, 0.5) is 0 Å². The quantitative estimate of drug-likeness (QED) is 0.332. The van der Waals surface area contributed by atoms with Gasteiger partial charge in [0.15, 0.2) is 0 Å². The Hall–Kier alpha value is -3.45. The molecule has 0 saturated heterocycles. The highest BCUT2D eigenvalue weighted by Gasteiger charge is 2.41. The van der Waals surface area contributed by atoms with E-state index >= 15 is 0 Å². The molecule has 0 aliphatic carbocycles. The molecular weight excluding hydrogens is 502 g/mol. The summed E-state index contributed by atoms with van der Waals surface area (Å²) in [5.74, 6) is -1.60. The number of carbonyl (C=O) groups excluding carboxylic acids is 2. The van der Waals surface area contributed by atoms with Crippen molar-refractivity contribution in [1.29, 1.82) is 0 Å². The number of carboxylic acid groups (broad SMARTS) is 1. The summed E-state index contributed by atoms with van der Waals surface area (Å²) in [5, 5.41) is 15.6. The second-order valence-corrected chi connectivity index (χ2v) is 12.5. The molecule has 2 aromatic rings. The van der Waals surface area contributed by atoms with E-state index in [1.54, 1.807) is 25.1 Å². The lowest BCUT2D eigenvalue weighted by Gasteiger charge is -2.40. The number of carbonyl (C=O) groups is 3. The third-order valence-electron chi connectivity index (χ3n) is 7.62. The average molecular weight is 550 g/mol. The molecule has 0 spiro atoms. The lowest BCUT2D eigenvalue weighted by atomic mass is 9.76. The van der Waals surface area contributed by atoms with Crippen molar-refractivity contribution in [2.45, 2.75) is 78.9 Å². The van der Waals surface area contributed by atoms with Gasteiger partial charge >= 0.3 is 5.97 Å². The fourth-order valence-electron chi connectivity index (χ4n) is 5.02. The molecule has 7 nitrogen and oxygen atoms in total. The Balaban J connectivity index is 2.39. The second kappa shape index (κ2) is 13.3. The Kier molecular flexibility index (Phi) is 10.9. The zero-order chi connectivity index (χ0) is 30.4. The van der Waals surface area contributed by atoms with Gasteiger partial charge in [-0.2, -0.15) is 0 Å². The molecule has 0 heterocycles. The summed E-state index contributed by atoms with van der Waals surface area (Å²) in [5.41, 5.74) is 2.12. The smallest absolute Gasteiger partial charge is 0.331 e. The summed E-state index contributed by atoms with van der Waals surface area (Å²) < 4.78 is 0. The molecule has 0 saturated carbocycles. The van der Waals surface area contributed by atoms with E-state index in [0.29, 0.717) is 0 Å². The highest BCUT2D eigenvalue weighted by Crippen LogP contribution is 2.32. The van der Waals surface area contributed by atoms with Crippen molar-refractivity contribution in [3.05, 3.63) is 71.8 Å². The molecule has 0 unspecified atom stereocenters. The molecule has 0 fully saturated rings. The summed E-state index contributed by atoms with van der Waals surface area (Å²) in [6.45, 7) is 15.2. The van der Waals surface area contributed by atoms with E-state index in [1.165, 1.54) is 6.92 Å². The summed E-state index contributed by atoms with van der Waals surface area (Å²) >= 11 is 0. The van der Waals surface area contributed by atoms with E-state index in [4.69, 9.17) is 0 Å². The lowest BCUT2D eigenvalue weighted by molar-refractivity contribution is -0.141. The van der Waals surface area contributed by atoms with Crippen LogP contribution in [0.3, 0.4) is 0 Å². The topological polar surface area (TPSA) is 98.7 Å². The van der Waals surface area contributed by atoms with Crippen molar-refractivity contribution in [2.24, 2.45) is 11.3 Å². The zero-order valence-corrected chi connectivity index (χ0v) is 25.7. The fourth-order valence-corrected chi connectivity index (χ4v) is 5.02. The van der Waals surface area contributed by atoms with Gasteiger partial charge in [-0.3, -0.25) is 9.59 Å².